The van der Waals surface area contributed by atoms with E-state index in [1.54, 1.807) is 12.1 Å². The number of amides is 1. The Morgan fingerprint density at radius 3 is 2.52 bits per heavy atom. The zero-order chi connectivity index (χ0) is 22.9. The van der Waals surface area contributed by atoms with E-state index >= 15 is 0 Å². The molecular weight excluding hydrogens is 456 g/mol. The highest BCUT2D eigenvalue weighted by molar-refractivity contribution is 7.09. The van der Waals surface area contributed by atoms with Gasteiger partial charge >= 0.3 is 0 Å². The Labute approximate surface area is 204 Å². The van der Waals surface area contributed by atoms with Crippen LogP contribution in [0.4, 0.5) is 0 Å². The monoisotopic (exact) mass is 484 g/mol. The van der Waals surface area contributed by atoms with Crippen molar-refractivity contribution in [2.75, 3.05) is 39.3 Å². The third-order valence-corrected chi connectivity index (χ3v) is 6.70. The van der Waals surface area contributed by atoms with Crippen molar-refractivity contribution in [3.63, 3.8) is 0 Å². The van der Waals surface area contributed by atoms with Crippen molar-refractivity contribution in [2.45, 2.75) is 19.6 Å². The predicted molar refractivity (Wildman–Crippen MR) is 133 cm³/mol. The largest absolute Gasteiger partial charge is 0.486 e. The van der Waals surface area contributed by atoms with Crippen molar-refractivity contribution >= 4 is 28.8 Å². The van der Waals surface area contributed by atoms with Crippen LogP contribution in [0.15, 0.2) is 60.0 Å². The number of piperazine rings is 1. The van der Waals surface area contributed by atoms with Crippen molar-refractivity contribution in [1.82, 2.24) is 20.1 Å². The van der Waals surface area contributed by atoms with Gasteiger partial charge in [-0.3, -0.25) is 14.6 Å². The first-order valence-corrected chi connectivity index (χ1v) is 12.5. The molecule has 1 aliphatic rings. The summed E-state index contributed by atoms with van der Waals surface area (Å²) in [5, 5.41) is 6.48. The second-order valence-corrected chi connectivity index (χ2v) is 9.48. The van der Waals surface area contributed by atoms with Crippen LogP contribution < -0.4 is 10.1 Å². The number of nitrogens with one attached hydrogen (secondary N) is 1. The molecule has 3 aromatic rings. The number of thiazole rings is 1. The van der Waals surface area contributed by atoms with Crippen LogP contribution >= 0.6 is 22.9 Å². The zero-order valence-electron chi connectivity index (χ0n) is 18.6. The molecule has 0 unspecified atom stereocenters. The number of hydrogen-bond donors (Lipinski definition) is 1. The molecule has 33 heavy (non-hydrogen) atoms. The van der Waals surface area contributed by atoms with E-state index in [9.17, 15) is 4.79 Å². The van der Waals surface area contributed by atoms with Gasteiger partial charge in [0.15, 0.2) is 0 Å². The maximum Gasteiger partial charge on any atom is 0.226 e. The molecule has 2 aromatic carbocycles. The molecule has 1 fully saturated rings. The van der Waals surface area contributed by atoms with Crippen molar-refractivity contribution in [3.05, 3.63) is 81.3 Å². The number of hydrogen-bond acceptors (Lipinski definition) is 6. The second-order valence-electron chi connectivity index (χ2n) is 8.11. The molecule has 1 saturated heterocycles. The Balaban J connectivity index is 1.10. The molecule has 6 nitrogen and oxygen atoms in total. The van der Waals surface area contributed by atoms with Crippen LogP contribution in [0.2, 0.25) is 5.02 Å². The van der Waals surface area contributed by atoms with Gasteiger partial charge in [-0.1, -0.05) is 41.9 Å². The number of halogens is 1. The van der Waals surface area contributed by atoms with E-state index in [4.69, 9.17) is 16.3 Å². The van der Waals surface area contributed by atoms with Gasteiger partial charge in [0.25, 0.3) is 0 Å². The average molecular weight is 485 g/mol. The molecule has 0 radical (unpaired) electrons. The van der Waals surface area contributed by atoms with Crippen molar-refractivity contribution in [1.29, 1.82) is 0 Å². The fraction of sp³-hybridized carbons (Fsp3) is 0.360. The number of benzene rings is 2. The Kier molecular flexibility index (Phi) is 8.72. The predicted octanol–water partition coefficient (Wildman–Crippen LogP) is 3.85. The quantitative estimate of drug-likeness (QED) is 0.473. The summed E-state index contributed by atoms with van der Waals surface area (Å²) >= 11 is 7.39. The lowest BCUT2D eigenvalue weighted by molar-refractivity contribution is -0.120. The Bertz CT molecular complexity index is 1000. The standard InChI is InChI=1S/C25H29ClN4O2S/c26-21-6-8-23(9-7-21)32-18-25-28-22(19-33-25)16-24(31)27-10-11-29-12-14-30(15-13-29)17-20-4-2-1-3-5-20/h1-9,19H,10-18H2,(H,27,31). The summed E-state index contributed by atoms with van der Waals surface area (Å²) in [6.07, 6.45) is 0.294. The topological polar surface area (TPSA) is 57.7 Å². The van der Waals surface area contributed by atoms with Gasteiger partial charge in [-0.05, 0) is 29.8 Å². The molecule has 2 heterocycles. The average Bonchev–Trinajstić information content (AvgIpc) is 3.28. The number of ether oxygens (including phenoxy) is 1. The molecule has 0 spiro atoms. The van der Waals surface area contributed by atoms with Crippen molar-refractivity contribution < 1.29 is 9.53 Å². The van der Waals surface area contributed by atoms with E-state index in [-0.39, 0.29) is 5.91 Å². The van der Waals surface area contributed by atoms with Crippen LogP contribution in [0.3, 0.4) is 0 Å². The minimum absolute atomic E-state index is 0.00758. The molecule has 4 rings (SSSR count). The first-order chi connectivity index (χ1) is 16.1. The first-order valence-electron chi connectivity index (χ1n) is 11.2. The third-order valence-electron chi connectivity index (χ3n) is 5.58. The molecule has 1 aromatic heterocycles. The Morgan fingerprint density at radius 2 is 1.76 bits per heavy atom. The Hall–Kier alpha value is -2.45. The van der Waals surface area contributed by atoms with Gasteiger partial charge < -0.3 is 10.1 Å². The van der Waals surface area contributed by atoms with Gasteiger partial charge in [0.1, 0.15) is 17.4 Å². The summed E-state index contributed by atoms with van der Waals surface area (Å²) in [6.45, 7) is 7.11. The van der Waals surface area contributed by atoms with Crippen LogP contribution in [0, 0.1) is 0 Å². The number of rotatable bonds is 10. The summed E-state index contributed by atoms with van der Waals surface area (Å²) in [7, 11) is 0. The summed E-state index contributed by atoms with van der Waals surface area (Å²) in [5.74, 6) is 0.753. The van der Waals surface area contributed by atoms with Gasteiger partial charge in [-0.2, -0.15) is 0 Å². The third kappa shape index (κ3) is 7.82. The van der Waals surface area contributed by atoms with Crippen LogP contribution in [0.1, 0.15) is 16.3 Å². The van der Waals surface area contributed by atoms with Crippen molar-refractivity contribution in [3.8, 4) is 5.75 Å². The maximum atomic E-state index is 12.3. The fourth-order valence-corrected chi connectivity index (χ4v) is 4.60. The minimum atomic E-state index is 0.00758. The minimum Gasteiger partial charge on any atom is -0.486 e. The first kappa shape index (κ1) is 23.7. The van der Waals surface area contributed by atoms with Gasteiger partial charge in [0.05, 0.1) is 12.1 Å². The smallest absolute Gasteiger partial charge is 0.226 e. The number of carbonyl (C=O) groups is 1. The van der Waals surface area contributed by atoms with E-state index in [1.807, 2.05) is 17.5 Å². The van der Waals surface area contributed by atoms with Gasteiger partial charge in [0.2, 0.25) is 5.91 Å². The van der Waals surface area contributed by atoms with Crippen LogP contribution in [-0.2, 0) is 24.4 Å². The Morgan fingerprint density at radius 1 is 1.03 bits per heavy atom. The number of carbonyl (C=O) groups excluding carboxylic acids is 1. The SMILES string of the molecule is O=C(Cc1csc(COc2ccc(Cl)cc2)n1)NCCN1CCN(Cc2ccccc2)CC1. The zero-order valence-corrected chi connectivity index (χ0v) is 20.2. The summed E-state index contributed by atoms with van der Waals surface area (Å²) in [4.78, 5) is 21.7. The maximum absolute atomic E-state index is 12.3. The summed E-state index contributed by atoms with van der Waals surface area (Å²) in [6, 6.07) is 17.8. The summed E-state index contributed by atoms with van der Waals surface area (Å²) < 4.78 is 5.72. The molecule has 0 bridgehead atoms. The highest BCUT2D eigenvalue weighted by Crippen LogP contribution is 2.18. The summed E-state index contributed by atoms with van der Waals surface area (Å²) in [5.41, 5.74) is 2.14. The number of nitrogens with zero attached hydrogens (tertiary/aromatic N) is 3. The lowest BCUT2D eigenvalue weighted by Gasteiger charge is -2.34. The van der Waals surface area contributed by atoms with Crippen LogP contribution in [-0.4, -0.2) is 60.0 Å². The highest BCUT2D eigenvalue weighted by Gasteiger charge is 2.17. The van der Waals surface area contributed by atoms with Gasteiger partial charge in [-0.25, -0.2) is 4.98 Å². The van der Waals surface area contributed by atoms with Crippen LogP contribution in [0.25, 0.3) is 0 Å². The van der Waals surface area contributed by atoms with E-state index in [0.717, 1.165) is 55.7 Å². The highest BCUT2D eigenvalue weighted by atomic mass is 35.5. The number of aromatic nitrogens is 1. The van der Waals surface area contributed by atoms with Crippen LogP contribution in [0.5, 0.6) is 5.75 Å². The van der Waals surface area contributed by atoms with Gasteiger partial charge in [0, 0.05) is 56.2 Å². The molecule has 1 N–H and O–H groups in total. The molecular formula is C25H29ClN4O2S. The lowest BCUT2D eigenvalue weighted by Crippen LogP contribution is -2.48. The molecule has 8 heteroatoms. The van der Waals surface area contributed by atoms with E-state index in [1.165, 1.54) is 16.9 Å². The fourth-order valence-electron chi connectivity index (χ4n) is 3.77. The lowest BCUT2D eigenvalue weighted by atomic mass is 10.2. The van der Waals surface area contributed by atoms with Crippen molar-refractivity contribution in [2.24, 2.45) is 0 Å². The molecule has 1 amide bonds. The van der Waals surface area contributed by atoms with E-state index in [2.05, 4.69) is 50.4 Å². The molecule has 174 valence electrons. The van der Waals surface area contributed by atoms with E-state index < -0.39 is 0 Å². The normalized spacial score (nSPS) is 14.8. The molecule has 0 atom stereocenters. The molecule has 0 saturated carbocycles. The second kappa shape index (κ2) is 12.1. The molecule has 1 aliphatic heterocycles. The molecule has 0 aliphatic carbocycles. The van der Waals surface area contributed by atoms with Gasteiger partial charge in [-0.15, -0.1) is 11.3 Å². The van der Waals surface area contributed by atoms with E-state index in [0.29, 0.717) is 24.6 Å².